The lowest BCUT2D eigenvalue weighted by Crippen LogP contribution is -2.30. The van der Waals surface area contributed by atoms with Crippen LogP contribution in [0.25, 0.3) is 6.08 Å². The number of methoxy groups -OCH3 is 1. The van der Waals surface area contributed by atoms with Crippen LogP contribution in [0.5, 0.6) is 5.75 Å². The normalized spacial score (nSPS) is 11.7. The number of amides is 3. The van der Waals surface area contributed by atoms with Crippen LogP contribution in [0, 0.1) is 0 Å². The van der Waals surface area contributed by atoms with E-state index in [9.17, 15) is 14.4 Å². The van der Waals surface area contributed by atoms with E-state index in [0.29, 0.717) is 27.7 Å². The van der Waals surface area contributed by atoms with Crippen LogP contribution in [0.3, 0.4) is 0 Å². The number of halogens is 2. The van der Waals surface area contributed by atoms with Gasteiger partial charge in [-0.25, -0.2) is 0 Å². The lowest BCUT2D eigenvalue weighted by atomic mass is 10.1. The molecule has 47 heavy (non-hydrogen) atoms. The SMILES string of the molecule is COc1ccc(Cl)cc1NC(=O)C(Sc1cccc(NC(=O)/C(=C\c2ccc(Br)cc2)NC(=O)c2ccccc2)c1)c1ccccc1. The highest BCUT2D eigenvalue weighted by atomic mass is 79.9. The zero-order chi connectivity index (χ0) is 33.2. The van der Waals surface area contributed by atoms with Crippen LogP contribution in [0.2, 0.25) is 5.02 Å². The van der Waals surface area contributed by atoms with E-state index in [1.165, 1.54) is 18.9 Å². The Bertz CT molecular complexity index is 1900. The molecule has 3 N–H and O–H groups in total. The molecule has 0 radical (unpaired) electrons. The van der Waals surface area contributed by atoms with Crippen molar-refractivity contribution < 1.29 is 19.1 Å². The highest BCUT2D eigenvalue weighted by Gasteiger charge is 2.24. The Morgan fingerprint density at radius 2 is 1.51 bits per heavy atom. The number of rotatable bonds is 11. The van der Waals surface area contributed by atoms with E-state index in [1.807, 2.05) is 66.7 Å². The summed E-state index contributed by atoms with van der Waals surface area (Å²) < 4.78 is 6.30. The van der Waals surface area contributed by atoms with Crippen LogP contribution in [0.15, 0.2) is 142 Å². The molecule has 7 nitrogen and oxygen atoms in total. The number of benzene rings is 5. The van der Waals surface area contributed by atoms with Gasteiger partial charge in [0.1, 0.15) is 16.7 Å². The fourth-order valence-electron chi connectivity index (χ4n) is 4.53. The fraction of sp³-hybridized carbons (Fsp3) is 0.0541. The van der Waals surface area contributed by atoms with Crippen molar-refractivity contribution >= 4 is 74.5 Å². The second-order valence-electron chi connectivity index (χ2n) is 10.2. The molecule has 5 aromatic carbocycles. The van der Waals surface area contributed by atoms with Gasteiger partial charge in [0.15, 0.2) is 0 Å². The van der Waals surface area contributed by atoms with Crippen LogP contribution in [-0.4, -0.2) is 24.8 Å². The molecule has 5 rings (SSSR count). The Hall–Kier alpha value is -4.83. The number of hydrogen-bond donors (Lipinski definition) is 3. The molecule has 0 aliphatic carbocycles. The number of carbonyl (C=O) groups is 3. The van der Waals surface area contributed by atoms with E-state index < -0.39 is 17.1 Å². The van der Waals surface area contributed by atoms with Crippen molar-refractivity contribution in [2.45, 2.75) is 10.1 Å². The molecule has 1 atom stereocenters. The minimum atomic E-state index is -0.649. The molecule has 0 bridgehead atoms. The zero-order valence-electron chi connectivity index (χ0n) is 25.1. The van der Waals surface area contributed by atoms with Crippen molar-refractivity contribution in [2.24, 2.45) is 0 Å². The second-order valence-corrected chi connectivity index (χ2v) is 12.7. The number of hydrogen-bond acceptors (Lipinski definition) is 5. The third-order valence-electron chi connectivity index (χ3n) is 6.82. The highest BCUT2D eigenvalue weighted by Crippen LogP contribution is 2.38. The Morgan fingerprint density at radius 3 is 2.21 bits per heavy atom. The van der Waals surface area contributed by atoms with Gasteiger partial charge in [-0.2, -0.15) is 0 Å². The summed E-state index contributed by atoms with van der Waals surface area (Å²) in [5.74, 6) is -0.721. The van der Waals surface area contributed by atoms with Crippen molar-refractivity contribution in [1.29, 1.82) is 0 Å². The quantitative estimate of drug-likeness (QED) is 0.0933. The lowest BCUT2D eigenvalue weighted by molar-refractivity contribution is -0.116. The van der Waals surface area contributed by atoms with Crippen molar-refractivity contribution in [3.8, 4) is 5.75 Å². The molecule has 0 heterocycles. The fourth-order valence-corrected chi connectivity index (χ4v) is 6.05. The van der Waals surface area contributed by atoms with Crippen LogP contribution in [0.1, 0.15) is 26.7 Å². The van der Waals surface area contributed by atoms with E-state index in [1.54, 1.807) is 66.7 Å². The van der Waals surface area contributed by atoms with Crippen molar-refractivity contribution in [3.63, 3.8) is 0 Å². The van der Waals surface area contributed by atoms with Gasteiger partial charge in [0, 0.05) is 25.6 Å². The number of carbonyl (C=O) groups excluding carboxylic acids is 3. The standard InChI is InChI=1S/C37H29BrClN3O4S/c1-46-33-20-19-28(39)22-31(33)41-37(45)34(25-9-4-2-5-10-25)47-30-14-8-13-29(23-30)40-36(44)32(21-24-15-17-27(38)18-16-24)42-35(43)26-11-6-3-7-12-26/h2-23,34H,1H3,(H,40,44)(H,41,45)(H,42,43)/b32-21+. The topological polar surface area (TPSA) is 96.5 Å². The average molecular weight is 727 g/mol. The van der Waals surface area contributed by atoms with Crippen LogP contribution in [0.4, 0.5) is 11.4 Å². The van der Waals surface area contributed by atoms with E-state index in [0.717, 1.165) is 20.5 Å². The summed E-state index contributed by atoms with van der Waals surface area (Å²) in [6.07, 6.45) is 1.61. The van der Waals surface area contributed by atoms with Gasteiger partial charge in [0.2, 0.25) is 5.91 Å². The van der Waals surface area contributed by atoms with Crippen LogP contribution in [-0.2, 0) is 9.59 Å². The summed E-state index contributed by atoms with van der Waals surface area (Å²) in [4.78, 5) is 41.1. The molecule has 1 unspecified atom stereocenters. The summed E-state index contributed by atoms with van der Waals surface area (Å²) in [6.45, 7) is 0. The number of thioether (sulfide) groups is 1. The molecule has 0 aliphatic rings. The summed E-state index contributed by atoms with van der Waals surface area (Å²) >= 11 is 10.9. The third-order valence-corrected chi connectivity index (χ3v) is 8.83. The average Bonchev–Trinajstić information content (AvgIpc) is 3.09. The number of ether oxygens (including phenoxy) is 1. The summed E-state index contributed by atoms with van der Waals surface area (Å²) in [5.41, 5.74) is 2.93. The molecule has 0 spiro atoms. The van der Waals surface area contributed by atoms with Gasteiger partial charge >= 0.3 is 0 Å². The van der Waals surface area contributed by atoms with Crippen molar-refractivity contribution in [2.75, 3.05) is 17.7 Å². The summed E-state index contributed by atoms with van der Waals surface area (Å²) in [5, 5.41) is 8.42. The van der Waals surface area contributed by atoms with Crippen LogP contribution < -0.4 is 20.7 Å². The van der Waals surface area contributed by atoms with E-state index in [-0.39, 0.29) is 11.6 Å². The highest BCUT2D eigenvalue weighted by molar-refractivity contribution is 9.10. The van der Waals surface area contributed by atoms with E-state index in [4.69, 9.17) is 16.3 Å². The van der Waals surface area contributed by atoms with Gasteiger partial charge in [0.05, 0.1) is 12.8 Å². The minimum absolute atomic E-state index is 0.0660. The summed E-state index contributed by atoms with van der Waals surface area (Å²) in [6, 6.07) is 37.6. The van der Waals surface area contributed by atoms with E-state index in [2.05, 4.69) is 31.9 Å². The summed E-state index contributed by atoms with van der Waals surface area (Å²) in [7, 11) is 1.52. The second kappa shape index (κ2) is 16.1. The molecular formula is C37H29BrClN3O4S. The molecule has 0 aliphatic heterocycles. The Labute approximate surface area is 290 Å². The van der Waals surface area contributed by atoms with Gasteiger partial charge in [-0.1, -0.05) is 94.3 Å². The van der Waals surface area contributed by atoms with Gasteiger partial charge < -0.3 is 20.7 Å². The van der Waals surface area contributed by atoms with Gasteiger partial charge in [0.25, 0.3) is 11.8 Å². The first kappa shape index (κ1) is 33.5. The zero-order valence-corrected chi connectivity index (χ0v) is 28.2. The first-order valence-electron chi connectivity index (χ1n) is 14.4. The molecule has 0 saturated carbocycles. The monoisotopic (exact) mass is 725 g/mol. The van der Waals surface area contributed by atoms with E-state index >= 15 is 0 Å². The molecule has 10 heteroatoms. The maximum Gasteiger partial charge on any atom is 0.272 e. The Kier molecular flexibility index (Phi) is 11.5. The smallest absolute Gasteiger partial charge is 0.272 e. The molecule has 236 valence electrons. The first-order chi connectivity index (χ1) is 22.8. The maximum absolute atomic E-state index is 13.7. The minimum Gasteiger partial charge on any atom is -0.495 e. The predicted octanol–water partition coefficient (Wildman–Crippen LogP) is 8.99. The molecule has 0 fully saturated rings. The van der Waals surface area contributed by atoms with Gasteiger partial charge in [-0.15, -0.1) is 11.8 Å². The molecular weight excluding hydrogens is 698 g/mol. The number of nitrogens with one attached hydrogen (secondary N) is 3. The van der Waals surface area contributed by atoms with Crippen molar-refractivity contribution in [1.82, 2.24) is 5.32 Å². The van der Waals surface area contributed by atoms with Crippen molar-refractivity contribution in [3.05, 3.63) is 159 Å². The third kappa shape index (κ3) is 9.36. The molecule has 3 amide bonds. The maximum atomic E-state index is 13.7. The largest absolute Gasteiger partial charge is 0.495 e. The first-order valence-corrected chi connectivity index (χ1v) is 16.4. The van der Waals surface area contributed by atoms with Gasteiger partial charge in [-0.3, -0.25) is 14.4 Å². The van der Waals surface area contributed by atoms with Gasteiger partial charge in [-0.05, 0) is 77.9 Å². The molecule has 5 aromatic rings. The lowest BCUT2D eigenvalue weighted by Gasteiger charge is -2.19. The Balaban J connectivity index is 1.38. The number of anilines is 2. The predicted molar refractivity (Wildman–Crippen MR) is 193 cm³/mol. The molecule has 0 aromatic heterocycles. The molecule has 0 saturated heterocycles. The van der Waals surface area contributed by atoms with Crippen LogP contribution >= 0.6 is 39.3 Å². The Morgan fingerprint density at radius 1 is 0.809 bits per heavy atom.